The fourth-order valence-electron chi connectivity index (χ4n) is 1.80. The van der Waals surface area contributed by atoms with E-state index >= 15 is 0 Å². The lowest BCUT2D eigenvalue weighted by Crippen LogP contribution is -2.45. The number of aliphatic hydroxyl groups excluding tert-OH is 1. The number of carbonyl (C=O) groups is 2. The lowest BCUT2D eigenvalue weighted by molar-refractivity contribution is -0.171. The van der Waals surface area contributed by atoms with E-state index in [9.17, 15) is 23.1 Å². The van der Waals surface area contributed by atoms with Crippen LogP contribution in [-0.4, -0.2) is 50.9 Å². The zero-order chi connectivity index (χ0) is 19.9. The summed E-state index contributed by atoms with van der Waals surface area (Å²) in [6, 6.07) is 5.67. The molecule has 1 rings (SSSR count). The summed E-state index contributed by atoms with van der Waals surface area (Å²) in [5, 5.41) is 10.0. The van der Waals surface area contributed by atoms with Crippen LogP contribution in [-0.2, 0) is 33.4 Å². The molecule has 0 radical (unpaired) electrons. The molecule has 0 amide bonds. The SMILES string of the molecule is CCOC(=O)[C@@H](O)[C@H](OS(=O)(=O)c1ccc(C)cc1)C(=O)OCC(C)C. The first-order valence-electron chi connectivity index (χ1n) is 8.09. The smallest absolute Gasteiger partial charge is 0.340 e. The molecule has 1 aromatic carbocycles. The van der Waals surface area contributed by atoms with Crippen LogP contribution >= 0.6 is 0 Å². The molecule has 0 saturated carbocycles. The lowest BCUT2D eigenvalue weighted by Gasteiger charge is -2.21. The molecule has 0 spiro atoms. The van der Waals surface area contributed by atoms with Gasteiger partial charge in [-0.2, -0.15) is 8.42 Å². The number of rotatable bonds is 9. The highest BCUT2D eigenvalue weighted by Gasteiger charge is 2.40. The van der Waals surface area contributed by atoms with Gasteiger partial charge in [-0.25, -0.2) is 13.8 Å². The van der Waals surface area contributed by atoms with Gasteiger partial charge >= 0.3 is 11.9 Å². The van der Waals surface area contributed by atoms with Crippen LogP contribution in [0, 0.1) is 12.8 Å². The number of hydrogen-bond donors (Lipinski definition) is 1. The minimum atomic E-state index is -4.42. The first-order valence-corrected chi connectivity index (χ1v) is 9.50. The molecule has 0 aromatic heterocycles. The highest BCUT2D eigenvalue weighted by molar-refractivity contribution is 7.86. The Morgan fingerprint density at radius 3 is 2.15 bits per heavy atom. The summed E-state index contributed by atoms with van der Waals surface area (Å²) < 4.78 is 39.2. The van der Waals surface area contributed by atoms with Crippen molar-refractivity contribution in [1.29, 1.82) is 0 Å². The van der Waals surface area contributed by atoms with Crippen LogP contribution in [0.4, 0.5) is 0 Å². The predicted octanol–water partition coefficient (Wildman–Crippen LogP) is 1.19. The van der Waals surface area contributed by atoms with E-state index in [2.05, 4.69) is 4.74 Å². The van der Waals surface area contributed by atoms with Crippen molar-refractivity contribution >= 4 is 22.1 Å². The number of benzene rings is 1. The molecule has 2 atom stereocenters. The van der Waals surface area contributed by atoms with Crippen LogP contribution < -0.4 is 0 Å². The normalized spacial score (nSPS) is 13.9. The van der Waals surface area contributed by atoms with Crippen molar-refractivity contribution in [1.82, 2.24) is 0 Å². The molecule has 0 aliphatic carbocycles. The second-order valence-electron chi connectivity index (χ2n) is 6.00. The van der Waals surface area contributed by atoms with Gasteiger partial charge in [-0.15, -0.1) is 0 Å². The Balaban J connectivity index is 3.08. The van der Waals surface area contributed by atoms with Crippen molar-refractivity contribution in [2.24, 2.45) is 5.92 Å². The van der Waals surface area contributed by atoms with Crippen LogP contribution in [0.1, 0.15) is 26.3 Å². The Morgan fingerprint density at radius 1 is 1.08 bits per heavy atom. The van der Waals surface area contributed by atoms with E-state index in [1.165, 1.54) is 19.1 Å². The van der Waals surface area contributed by atoms with Crippen molar-refractivity contribution < 1.29 is 36.8 Å². The Bertz CT molecular complexity index is 709. The summed E-state index contributed by atoms with van der Waals surface area (Å²) in [5.41, 5.74) is 0.823. The minimum absolute atomic E-state index is 0.0290. The molecule has 1 aromatic rings. The van der Waals surface area contributed by atoms with E-state index in [0.29, 0.717) is 0 Å². The van der Waals surface area contributed by atoms with Crippen LogP contribution in [0.3, 0.4) is 0 Å². The zero-order valence-electron chi connectivity index (χ0n) is 15.2. The number of ether oxygens (including phenoxy) is 2. The number of aryl methyl sites for hydroxylation is 1. The summed E-state index contributed by atoms with van der Waals surface area (Å²) in [6.07, 6.45) is -4.21. The number of esters is 2. The molecule has 0 bridgehead atoms. The summed E-state index contributed by atoms with van der Waals surface area (Å²) in [6.45, 7) is 6.73. The largest absolute Gasteiger partial charge is 0.464 e. The minimum Gasteiger partial charge on any atom is -0.464 e. The van der Waals surface area contributed by atoms with E-state index in [1.807, 2.05) is 0 Å². The average molecular weight is 388 g/mol. The molecule has 0 fully saturated rings. The zero-order valence-corrected chi connectivity index (χ0v) is 16.0. The topological polar surface area (TPSA) is 116 Å². The van der Waals surface area contributed by atoms with Crippen molar-refractivity contribution in [2.45, 2.75) is 44.8 Å². The third-order valence-electron chi connectivity index (χ3n) is 3.15. The summed E-state index contributed by atoms with van der Waals surface area (Å²) in [4.78, 5) is 23.7. The quantitative estimate of drug-likeness (QED) is 0.495. The number of aliphatic hydroxyl groups is 1. The van der Waals surface area contributed by atoms with E-state index in [0.717, 1.165) is 5.56 Å². The van der Waals surface area contributed by atoms with Gasteiger partial charge in [0.2, 0.25) is 6.10 Å². The molecule has 0 saturated heterocycles. The molecule has 1 N–H and O–H groups in total. The fourth-order valence-corrected chi connectivity index (χ4v) is 2.84. The highest BCUT2D eigenvalue weighted by Crippen LogP contribution is 2.18. The third-order valence-corrected chi connectivity index (χ3v) is 4.46. The number of carbonyl (C=O) groups excluding carboxylic acids is 2. The first-order chi connectivity index (χ1) is 12.1. The Hall–Kier alpha value is -1.97. The predicted molar refractivity (Wildman–Crippen MR) is 91.7 cm³/mol. The van der Waals surface area contributed by atoms with E-state index in [1.54, 1.807) is 32.9 Å². The van der Waals surface area contributed by atoms with E-state index in [-0.39, 0.29) is 24.0 Å². The van der Waals surface area contributed by atoms with Crippen LogP contribution in [0.5, 0.6) is 0 Å². The van der Waals surface area contributed by atoms with Crippen molar-refractivity contribution in [3.63, 3.8) is 0 Å². The van der Waals surface area contributed by atoms with Gasteiger partial charge < -0.3 is 14.6 Å². The fraction of sp³-hybridized carbons (Fsp3) is 0.529. The van der Waals surface area contributed by atoms with Crippen LogP contribution in [0.2, 0.25) is 0 Å². The van der Waals surface area contributed by atoms with Gasteiger partial charge in [0.15, 0.2) is 6.10 Å². The van der Waals surface area contributed by atoms with Crippen molar-refractivity contribution in [3.05, 3.63) is 29.8 Å². The molecule has 0 aliphatic rings. The lowest BCUT2D eigenvalue weighted by atomic mass is 10.2. The molecule has 0 unspecified atom stereocenters. The van der Waals surface area contributed by atoms with Crippen LogP contribution in [0.15, 0.2) is 29.2 Å². The second-order valence-corrected chi connectivity index (χ2v) is 7.58. The monoisotopic (exact) mass is 388 g/mol. The van der Waals surface area contributed by atoms with E-state index < -0.39 is 34.3 Å². The van der Waals surface area contributed by atoms with E-state index in [4.69, 9.17) is 8.92 Å². The maximum absolute atomic E-state index is 12.4. The van der Waals surface area contributed by atoms with Gasteiger partial charge in [0.05, 0.1) is 18.1 Å². The van der Waals surface area contributed by atoms with Crippen molar-refractivity contribution in [2.75, 3.05) is 13.2 Å². The average Bonchev–Trinajstić information content (AvgIpc) is 2.57. The molecular formula is C17H24O8S. The third kappa shape index (κ3) is 6.40. The summed E-state index contributed by atoms with van der Waals surface area (Å²) in [5.74, 6) is -2.39. The second kappa shape index (κ2) is 9.65. The Labute approximate surface area is 153 Å². The van der Waals surface area contributed by atoms with Gasteiger partial charge in [0.1, 0.15) is 0 Å². The molecule has 8 nitrogen and oxygen atoms in total. The molecule has 26 heavy (non-hydrogen) atoms. The Morgan fingerprint density at radius 2 is 1.65 bits per heavy atom. The molecular weight excluding hydrogens is 364 g/mol. The van der Waals surface area contributed by atoms with Gasteiger partial charge in [0, 0.05) is 0 Å². The van der Waals surface area contributed by atoms with Gasteiger partial charge in [-0.3, -0.25) is 0 Å². The maximum Gasteiger partial charge on any atom is 0.340 e. The number of hydrogen-bond acceptors (Lipinski definition) is 8. The molecule has 9 heteroatoms. The Kier molecular flexibility index (Phi) is 8.19. The standard InChI is InChI=1S/C17H24O8S/c1-5-23-16(19)14(18)15(17(20)24-10-11(2)3)25-26(21,22)13-8-6-12(4)7-9-13/h6-9,11,14-15,18H,5,10H2,1-4H3/t14-,15-/m0/s1. The maximum atomic E-state index is 12.4. The summed E-state index contributed by atoms with van der Waals surface area (Å²) >= 11 is 0. The van der Waals surface area contributed by atoms with Crippen LogP contribution in [0.25, 0.3) is 0 Å². The molecule has 0 aliphatic heterocycles. The molecule has 146 valence electrons. The van der Waals surface area contributed by atoms with Gasteiger partial charge in [-0.1, -0.05) is 31.5 Å². The van der Waals surface area contributed by atoms with Gasteiger partial charge in [-0.05, 0) is 31.9 Å². The van der Waals surface area contributed by atoms with Gasteiger partial charge in [0.25, 0.3) is 10.1 Å². The van der Waals surface area contributed by atoms with Crippen molar-refractivity contribution in [3.8, 4) is 0 Å². The highest BCUT2D eigenvalue weighted by atomic mass is 32.2. The molecule has 0 heterocycles. The summed E-state index contributed by atoms with van der Waals surface area (Å²) in [7, 11) is -4.42. The first kappa shape index (κ1) is 22.1.